The van der Waals surface area contributed by atoms with Gasteiger partial charge in [0, 0.05) is 55.9 Å². The van der Waals surface area contributed by atoms with E-state index >= 15 is 0 Å². The first-order valence-electron chi connectivity index (χ1n) is 12.5. The number of aromatic nitrogens is 2. The van der Waals surface area contributed by atoms with Crippen LogP contribution in [0.25, 0.3) is 17.0 Å². The van der Waals surface area contributed by atoms with Gasteiger partial charge in [-0.2, -0.15) is 5.26 Å². The summed E-state index contributed by atoms with van der Waals surface area (Å²) in [7, 11) is 0. The number of nitriles is 1. The van der Waals surface area contributed by atoms with Crippen molar-refractivity contribution in [3.8, 4) is 11.8 Å². The molecule has 0 unspecified atom stereocenters. The van der Waals surface area contributed by atoms with Gasteiger partial charge in [-0.15, -0.1) is 13.2 Å². The van der Waals surface area contributed by atoms with Gasteiger partial charge in [-0.1, -0.05) is 35.9 Å². The molecule has 0 aliphatic carbocycles. The van der Waals surface area contributed by atoms with Gasteiger partial charge >= 0.3 is 12.4 Å². The highest BCUT2D eigenvalue weighted by atomic mass is 35.5. The Morgan fingerprint density at radius 3 is 2.68 bits per heavy atom. The van der Waals surface area contributed by atoms with E-state index in [0.717, 1.165) is 17.7 Å². The molecule has 0 radical (unpaired) electrons. The highest BCUT2D eigenvalue weighted by Crippen LogP contribution is 2.36. The minimum Gasteiger partial charge on any atom is -0.403 e. The summed E-state index contributed by atoms with van der Waals surface area (Å²) in [6.07, 6.45) is 0.657. The molecule has 1 aliphatic rings. The second-order valence-corrected chi connectivity index (χ2v) is 9.76. The zero-order chi connectivity index (χ0) is 29.1. The van der Waals surface area contributed by atoms with E-state index in [1.54, 1.807) is 24.3 Å². The van der Waals surface area contributed by atoms with E-state index < -0.39 is 24.0 Å². The first-order valence-corrected chi connectivity index (χ1v) is 12.9. The van der Waals surface area contributed by atoms with Crippen LogP contribution in [0.15, 0.2) is 60.8 Å². The molecule has 0 atom stereocenters. The van der Waals surface area contributed by atoms with Crippen LogP contribution in [0.1, 0.15) is 27.9 Å². The summed E-state index contributed by atoms with van der Waals surface area (Å²) >= 11 is 5.92. The number of halogens is 5. The number of fused-ring (bicyclic) bond motifs is 3. The summed E-state index contributed by atoms with van der Waals surface area (Å²) in [6, 6.07) is 13.8. The SMILES string of the molecule is N#Cc1ccc(C=CCN2CCc3c(c4cc(F)c(OC(F)(F)F)cc4n3C(=O)NCc3ccnc(Cl)c3)C2)cc1. The summed E-state index contributed by atoms with van der Waals surface area (Å²) in [5.41, 5.74) is 3.50. The largest absolute Gasteiger partial charge is 0.573 e. The molecule has 3 heterocycles. The maximum atomic E-state index is 14.8. The van der Waals surface area contributed by atoms with Crippen LogP contribution in [0.2, 0.25) is 5.15 Å². The number of pyridine rings is 1. The summed E-state index contributed by atoms with van der Waals surface area (Å²) in [4.78, 5) is 19.4. The number of carbonyl (C=O) groups is 1. The van der Waals surface area contributed by atoms with Gasteiger partial charge in [-0.25, -0.2) is 14.2 Å². The number of nitrogens with zero attached hydrogens (tertiary/aromatic N) is 4. The Morgan fingerprint density at radius 2 is 1.98 bits per heavy atom. The molecule has 1 N–H and O–H groups in total. The van der Waals surface area contributed by atoms with Gasteiger partial charge in [-0.05, 0) is 47.0 Å². The second kappa shape index (κ2) is 11.6. The molecule has 2 aromatic heterocycles. The van der Waals surface area contributed by atoms with Crippen molar-refractivity contribution < 1.29 is 27.1 Å². The van der Waals surface area contributed by atoms with Gasteiger partial charge in [0.2, 0.25) is 0 Å². The fourth-order valence-corrected chi connectivity index (χ4v) is 5.01. The average Bonchev–Trinajstić information content (AvgIpc) is 3.24. The number of alkyl halides is 3. The quantitative estimate of drug-likeness (QED) is 0.209. The summed E-state index contributed by atoms with van der Waals surface area (Å²) in [5.74, 6) is -2.20. The maximum Gasteiger partial charge on any atom is 0.573 e. The smallest absolute Gasteiger partial charge is 0.403 e. The van der Waals surface area contributed by atoms with Crippen molar-refractivity contribution >= 4 is 34.6 Å². The molecule has 2 aromatic carbocycles. The molecule has 12 heteroatoms. The topological polar surface area (TPSA) is 83.2 Å². The van der Waals surface area contributed by atoms with Crippen LogP contribution in [-0.4, -0.2) is 39.9 Å². The van der Waals surface area contributed by atoms with E-state index in [9.17, 15) is 22.4 Å². The lowest BCUT2D eigenvalue weighted by molar-refractivity contribution is -0.275. The molecule has 41 heavy (non-hydrogen) atoms. The lowest BCUT2D eigenvalue weighted by Crippen LogP contribution is -2.34. The molecule has 0 saturated heterocycles. The van der Waals surface area contributed by atoms with Crippen LogP contribution in [0.4, 0.5) is 22.4 Å². The Bertz CT molecular complexity index is 1680. The summed E-state index contributed by atoms with van der Waals surface area (Å²) in [5, 5.41) is 12.3. The third-order valence-corrected chi connectivity index (χ3v) is 6.86. The molecule has 5 rings (SSSR count). The molecule has 0 bridgehead atoms. The predicted molar refractivity (Wildman–Crippen MR) is 145 cm³/mol. The van der Waals surface area contributed by atoms with Crippen LogP contribution < -0.4 is 10.1 Å². The molecule has 0 spiro atoms. The van der Waals surface area contributed by atoms with Gasteiger partial charge in [0.1, 0.15) is 5.15 Å². The predicted octanol–water partition coefficient (Wildman–Crippen LogP) is 6.43. The standard InChI is InChI=1S/C29H22ClF4N5O2/c30-27-12-20(7-9-36-27)16-37-28(40)39-24-8-11-38(10-1-2-18-3-5-19(15-35)6-4-18)17-22(24)21-13-23(31)26(14-25(21)39)41-29(32,33)34/h1-7,9,12-14H,8,10-11,16-17H2,(H,37,40). The molecule has 7 nitrogen and oxygen atoms in total. The molecule has 1 amide bonds. The van der Waals surface area contributed by atoms with Gasteiger partial charge in [0.15, 0.2) is 11.6 Å². The van der Waals surface area contributed by atoms with Crippen LogP contribution in [0.3, 0.4) is 0 Å². The molecular formula is C29H22ClF4N5O2. The number of ether oxygens (including phenoxy) is 1. The van der Waals surface area contributed by atoms with Crippen molar-refractivity contribution in [2.24, 2.45) is 0 Å². The Hall–Kier alpha value is -4.40. The van der Waals surface area contributed by atoms with Crippen molar-refractivity contribution in [1.82, 2.24) is 19.8 Å². The van der Waals surface area contributed by atoms with E-state index in [0.29, 0.717) is 53.8 Å². The van der Waals surface area contributed by atoms with Crippen LogP contribution in [-0.2, 0) is 19.5 Å². The molecule has 0 saturated carbocycles. The number of carbonyl (C=O) groups excluding carboxylic acids is 1. The fraction of sp³-hybridized carbons (Fsp3) is 0.207. The van der Waals surface area contributed by atoms with E-state index in [-0.39, 0.29) is 17.2 Å². The lowest BCUT2D eigenvalue weighted by Gasteiger charge is -2.27. The van der Waals surface area contributed by atoms with Gasteiger partial charge < -0.3 is 10.1 Å². The highest BCUT2D eigenvalue weighted by Gasteiger charge is 2.34. The molecular weight excluding hydrogens is 562 g/mol. The van der Waals surface area contributed by atoms with E-state index in [2.05, 4.69) is 26.0 Å². The normalized spacial score (nSPS) is 13.8. The zero-order valence-electron chi connectivity index (χ0n) is 21.4. The summed E-state index contributed by atoms with van der Waals surface area (Å²) in [6.45, 7) is 1.54. The third-order valence-electron chi connectivity index (χ3n) is 6.66. The number of hydrogen-bond acceptors (Lipinski definition) is 5. The number of nitrogens with one attached hydrogen (secondary N) is 1. The van der Waals surface area contributed by atoms with Crippen molar-refractivity contribution in [2.45, 2.75) is 25.9 Å². The van der Waals surface area contributed by atoms with Crippen LogP contribution in [0.5, 0.6) is 5.75 Å². The number of amides is 1. The number of benzene rings is 2. The number of hydrogen-bond donors (Lipinski definition) is 1. The van der Waals surface area contributed by atoms with Crippen molar-refractivity contribution in [3.63, 3.8) is 0 Å². The minimum absolute atomic E-state index is 0.0922. The van der Waals surface area contributed by atoms with Crippen LogP contribution >= 0.6 is 11.6 Å². The van der Waals surface area contributed by atoms with E-state index in [1.165, 1.54) is 10.8 Å². The van der Waals surface area contributed by atoms with Crippen molar-refractivity contribution in [1.29, 1.82) is 5.26 Å². The monoisotopic (exact) mass is 583 g/mol. The minimum atomic E-state index is -5.10. The molecule has 1 aliphatic heterocycles. The number of rotatable bonds is 6. The van der Waals surface area contributed by atoms with E-state index in [4.69, 9.17) is 16.9 Å². The second-order valence-electron chi connectivity index (χ2n) is 9.38. The first-order chi connectivity index (χ1) is 19.6. The molecule has 4 aromatic rings. The van der Waals surface area contributed by atoms with Gasteiger partial charge in [-0.3, -0.25) is 9.47 Å². The third kappa shape index (κ3) is 6.51. The Labute approximate surface area is 237 Å². The first kappa shape index (κ1) is 28.1. The molecule has 210 valence electrons. The Kier molecular flexibility index (Phi) is 7.97. The Morgan fingerprint density at radius 1 is 1.20 bits per heavy atom. The highest BCUT2D eigenvalue weighted by molar-refractivity contribution is 6.29. The average molecular weight is 584 g/mol. The van der Waals surface area contributed by atoms with E-state index in [1.807, 2.05) is 24.3 Å². The Balaban J connectivity index is 1.44. The van der Waals surface area contributed by atoms with Gasteiger partial charge in [0.25, 0.3) is 0 Å². The summed E-state index contributed by atoms with van der Waals surface area (Å²) < 4.78 is 58.9. The van der Waals surface area contributed by atoms with Crippen molar-refractivity contribution in [2.75, 3.05) is 13.1 Å². The zero-order valence-corrected chi connectivity index (χ0v) is 22.1. The fourth-order valence-electron chi connectivity index (χ4n) is 4.82. The van der Waals surface area contributed by atoms with Crippen LogP contribution in [0, 0.1) is 17.1 Å². The molecule has 0 fully saturated rings. The lowest BCUT2D eigenvalue weighted by atomic mass is 10.0. The van der Waals surface area contributed by atoms with Gasteiger partial charge in [0.05, 0.1) is 17.1 Å². The maximum absolute atomic E-state index is 14.8. The van der Waals surface area contributed by atoms with Crippen molar-refractivity contribution in [3.05, 3.63) is 99.7 Å².